The van der Waals surface area contributed by atoms with Crippen LogP contribution >= 0.6 is 12.2 Å². The topological polar surface area (TPSA) is 79.1 Å². The quantitative estimate of drug-likeness (QED) is 0.400. The molecule has 2 N–H and O–H groups in total. The number of phenolic OH excluding ortho intramolecular Hbond substituents is 1. The summed E-state index contributed by atoms with van der Waals surface area (Å²) in [6.07, 6.45) is 6.05. The van der Waals surface area contributed by atoms with Gasteiger partial charge in [-0.2, -0.15) is 5.10 Å². The van der Waals surface area contributed by atoms with Crippen LogP contribution in [0.5, 0.6) is 5.75 Å². The van der Waals surface area contributed by atoms with Gasteiger partial charge in [0.15, 0.2) is 10.6 Å². The smallest absolute Gasteiger partial charge is 0.195 e. The normalized spacial score (nSPS) is 10.2. The van der Waals surface area contributed by atoms with Gasteiger partial charge in [-0.05, 0) is 62.3 Å². The van der Waals surface area contributed by atoms with E-state index in [9.17, 15) is 0 Å². The summed E-state index contributed by atoms with van der Waals surface area (Å²) in [5.74, 6) is 1.12. The fourth-order valence-corrected chi connectivity index (χ4v) is 2.26. The minimum atomic E-state index is 0.292. The highest BCUT2D eigenvalue weighted by molar-refractivity contribution is 7.71. The lowest BCUT2D eigenvalue weighted by molar-refractivity contribution is 0.475. The van der Waals surface area contributed by atoms with Crippen molar-refractivity contribution in [3.05, 3.63) is 78.5 Å². The number of H-pyrrole nitrogens is 1. The molecule has 30 heavy (non-hydrogen) atoms. The van der Waals surface area contributed by atoms with Crippen molar-refractivity contribution in [1.82, 2.24) is 19.7 Å². The van der Waals surface area contributed by atoms with Crippen LogP contribution in [0.4, 0.5) is 0 Å². The number of hydrogen-bond acceptors (Lipinski definition) is 5. The van der Waals surface area contributed by atoms with Crippen LogP contribution in [0.15, 0.2) is 73.1 Å². The predicted octanol–water partition coefficient (Wildman–Crippen LogP) is 5.97. The summed E-state index contributed by atoms with van der Waals surface area (Å²) in [5, 5.41) is 15.9. The van der Waals surface area contributed by atoms with Crippen molar-refractivity contribution in [3.8, 4) is 17.1 Å². The number of aromatic nitrogens is 4. The lowest BCUT2D eigenvalue weighted by Crippen LogP contribution is -1.92. The van der Waals surface area contributed by atoms with E-state index < -0.39 is 0 Å². The molecule has 0 unspecified atom stereocenters. The Kier molecular flexibility index (Phi) is 10.7. The zero-order valence-electron chi connectivity index (χ0n) is 18.0. The highest BCUT2D eigenvalue weighted by Gasteiger charge is 2.03. The van der Waals surface area contributed by atoms with E-state index in [1.165, 1.54) is 0 Å². The van der Waals surface area contributed by atoms with E-state index >= 15 is 0 Å². The monoisotopic (exact) mass is 423 g/mol. The molecule has 0 atom stereocenters. The molecule has 0 saturated carbocycles. The maximum absolute atomic E-state index is 9.02. The van der Waals surface area contributed by atoms with Crippen LogP contribution < -0.4 is 0 Å². The second-order valence-electron chi connectivity index (χ2n) is 6.38. The number of allylic oxidation sites excluding steroid dienone is 1. The number of pyridine rings is 1. The van der Waals surface area contributed by atoms with Crippen LogP contribution in [0, 0.1) is 4.77 Å². The summed E-state index contributed by atoms with van der Waals surface area (Å²) in [7, 11) is 1.88. The molecule has 0 amide bonds. The third-order valence-corrected chi connectivity index (χ3v) is 4.35. The van der Waals surface area contributed by atoms with Crippen LogP contribution in [0.3, 0.4) is 0 Å². The van der Waals surface area contributed by atoms with Crippen molar-refractivity contribution in [2.75, 3.05) is 0 Å². The number of nitrogens with one attached hydrogen (secondary N) is 1. The van der Waals surface area contributed by atoms with E-state index in [2.05, 4.69) is 40.3 Å². The van der Waals surface area contributed by atoms with Crippen molar-refractivity contribution >= 4 is 23.5 Å². The summed E-state index contributed by atoms with van der Waals surface area (Å²) in [6.45, 7) is 13.2. The van der Waals surface area contributed by atoms with Gasteiger partial charge in [0, 0.05) is 36.9 Å². The first-order chi connectivity index (χ1) is 14.3. The van der Waals surface area contributed by atoms with E-state index in [0.29, 0.717) is 10.5 Å². The molecule has 0 bridgehead atoms. The molecule has 2 aromatic heterocycles. The average molecular weight is 424 g/mol. The molecule has 158 valence electrons. The third-order valence-electron chi connectivity index (χ3n) is 3.98. The first kappa shape index (κ1) is 24.7. The molecular weight excluding hydrogens is 394 g/mol. The van der Waals surface area contributed by atoms with Crippen molar-refractivity contribution < 1.29 is 5.11 Å². The summed E-state index contributed by atoms with van der Waals surface area (Å²) in [6, 6.07) is 10.9. The fraction of sp³-hybridized carbons (Fsp3) is 0.217. The van der Waals surface area contributed by atoms with Gasteiger partial charge in [-0.3, -0.25) is 15.1 Å². The van der Waals surface area contributed by atoms with Gasteiger partial charge in [-0.15, -0.1) is 0 Å². The van der Waals surface area contributed by atoms with Gasteiger partial charge in [0.25, 0.3) is 0 Å². The number of aliphatic imine (C=N–C) groups is 1. The Morgan fingerprint density at radius 1 is 1.27 bits per heavy atom. The highest BCUT2D eigenvalue weighted by Crippen LogP contribution is 2.16. The lowest BCUT2D eigenvalue weighted by atomic mass is 10.1. The number of aromatic hydroxyl groups is 1. The van der Waals surface area contributed by atoms with Crippen molar-refractivity contribution in [2.24, 2.45) is 12.0 Å². The Labute approximate surface area is 183 Å². The minimum absolute atomic E-state index is 0.292. The minimum Gasteiger partial charge on any atom is -0.508 e. The number of hydrogen-bond donors (Lipinski definition) is 2. The maximum atomic E-state index is 9.02. The van der Waals surface area contributed by atoms with Crippen LogP contribution in [-0.2, 0) is 7.05 Å². The van der Waals surface area contributed by atoms with Gasteiger partial charge in [-0.1, -0.05) is 37.8 Å². The molecule has 3 rings (SSSR count). The molecule has 1 aromatic carbocycles. The van der Waals surface area contributed by atoms with E-state index in [-0.39, 0.29) is 0 Å². The molecule has 7 heteroatoms. The van der Waals surface area contributed by atoms with Crippen molar-refractivity contribution in [2.45, 2.75) is 27.2 Å². The number of nitrogens with zero attached hydrogens (tertiary/aromatic N) is 4. The maximum Gasteiger partial charge on any atom is 0.195 e. The molecule has 0 aliphatic heterocycles. The van der Waals surface area contributed by atoms with Crippen molar-refractivity contribution in [1.29, 1.82) is 0 Å². The molecule has 0 aliphatic carbocycles. The van der Waals surface area contributed by atoms with Crippen molar-refractivity contribution in [3.63, 3.8) is 0 Å². The zero-order valence-corrected chi connectivity index (χ0v) is 18.8. The molecule has 2 heterocycles. The van der Waals surface area contributed by atoms with Gasteiger partial charge in [0.2, 0.25) is 0 Å². The Bertz CT molecular complexity index is 1040. The zero-order chi connectivity index (χ0) is 22.5. The Morgan fingerprint density at radius 3 is 2.33 bits per heavy atom. The van der Waals surface area contributed by atoms with Crippen LogP contribution in [0.1, 0.15) is 32.8 Å². The summed E-state index contributed by atoms with van der Waals surface area (Å²) >= 11 is 5.00. The third kappa shape index (κ3) is 8.36. The lowest BCUT2D eigenvalue weighted by Gasteiger charge is -1.98. The molecule has 3 aromatic rings. The second-order valence-corrected chi connectivity index (χ2v) is 6.77. The number of phenols is 1. The fourth-order valence-electron chi connectivity index (χ4n) is 2.12. The van der Waals surface area contributed by atoms with E-state index in [0.717, 1.165) is 34.7 Å². The van der Waals surface area contributed by atoms with E-state index in [1.54, 1.807) is 36.8 Å². The van der Waals surface area contributed by atoms with Crippen LogP contribution in [0.2, 0.25) is 0 Å². The standard InChI is InChI=1S/C9H10O.C8H8N4S.C6H11N/c1-7(2)8-4-3-5-9(10)6-8;1-12-7(10-11-8(12)13)6-2-4-9-5-3-6;1-4-6(3)7-5-2/h3-6,10H,1H2,2H3;2-5H,1H3,(H,11,13);5H,2,4H2,1,3H3. The Morgan fingerprint density at radius 2 is 1.93 bits per heavy atom. The predicted molar refractivity (Wildman–Crippen MR) is 128 cm³/mol. The Hall–Kier alpha value is -3.32. The van der Waals surface area contributed by atoms with E-state index in [4.69, 9.17) is 17.3 Å². The molecule has 0 aliphatic rings. The summed E-state index contributed by atoms with van der Waals surface area (Å²) in [5.41, 5.74) is 4.09. The van der Waals surface area contributed by atoms with Crippen LogP contribution in [0.25, 0.3) is 17.0 Å². The first-order valence-corrected chi connectivity index (χ1v) is 9.81. The molecule has 0 spiro atoms. The molecule has 6 nitrogen and oxygen atoms in total. The highest BCUT2D eigenvalue weighted by atomic mass is 32.1. The van der Waals surface area contributed by atoms with Gasteiger partial charge in [-0.25, -0.2) is 0 Å². The van der Waals surface area contributed by atoms with Gasteiger partial charge >= 0.3 is 0 Å². The summed E-state index contributed by atoms with van der Waals surface area (Å²) < 4.78 is 2.44. The number of rotatable bonds is 4. The molecular formula is C23H29N5OS. The van der Waals surface area contributed by atoms with Crippen LogP contribution in [-0.4, -0.2) is 30.6 Å². The van der Waals surface area contributed by atoms with E-state index in [1.807, 2.05) is 43.7 Å². The first-order valence-electron chi connectivity index (χ1n) is 9.41. The van der Waals surface area contributed by atoms with Gasteiger partial charge in [0.05, 0.1) is 0 Å². The largest absolute Gasteiger partial charge is 0.508 e. The van der Waals surface area contributed by atoms with Gasteiger partial charge in [0.1, 0.15) is 5.75 Å². The molecule has 0 fully saturated rings. The SMILES string of the molecule is C=C(C)c1cccc(O)c1.C=CN=C(C)CC.Cn1c(-c2ccncc2)n[nH]c1=S. The number of aromatic amines is 1. The second kappa shape index (κ2) is 13.0. The molecule has 0 saturated heterocycles. The number of benzene rings is 1. The Balaban J connectivity index is 0.000000238. The average Bonchev–Trinajstić information content (AvgIpc) is 3.08. The van der Waals surface area contributed by atoms with Gasteiger partial charge < -0.3 is 9.67 Å². The summed E-state index contributed by atoms with van der Waals surface area (Å²) in [4.78, 5) is 7.86. The molecule has 0 radical (unpaired) electrons.